The lowest BCUT2D eigenvalue weighted by Crippen LogP contribution is -2.38. The number of halogens is 1. The van der Waals surface area contributed by atoms with Crippen LogP contribution in [0.5, 0.6) is 0 Å². The highest BCUT2D eigenvalue weighted by molar-refractivity contribution is 6.30. The number of nitrogens with one attached hydrogen (secondary N) is 2. The van der Waals surface area contributed by atoms with E-state index in [1.54, 1.807) is 24.3 Å². The molecule has 1 aromatic carbocycles. The molecule has 1 unspecified atom stereocenters. The van der Waals surface area contributed by atoms with Gasteiger partial charge in [-0.1, -0.05) is 23.7 Å². The van der Waals surface area contributed by atoms with Gasteiger partial charge in [0.05, 0.1) is 13.0 Å². The van der Waals surface area contributed by atoms with Gasteiger partial charge in [-0.3, -0.25) is 14.5 Å². The van der Waals surface area contributed by atoms with Gasteiger partial charge in [0.2, 0.25) is 5.91 Å². The van der Waals surface area contributed by atoms with Crippen LogP contribution in [0.25, 0.3) is 0 Å². The van der Waals surface area contributed by atoms with E-state index in [0.29, 0.717) is 18.1 Å². The van der Waals surface area contributed by atoms with Gasteiger partial charge < -0.3 is 15.5 Å². The number of carbonyl (C=O) groups excluding carboxylic acids is 3. The summed E-state index contributed by atoms with van der Waals surface area (Å²) in [5.74, 6) is -0.651. The summed E-state index contributed by atoms with van der Waals surface area (Å²) in [6.45, 7) is 1.36. The standard InChI is InChI=1S/C16H21ClN4O3/c1-20(2)8-7-18-14(22)9-13-15(23)21(16(24)19-13)10-11-3-5-12(17)6-4-11/h3-6,13H,7-10H2,1-2H3,(H,18,22)(H,19,24). The smallest absolute Gasteiger partial charge is 0.325 e. The third-order valence-corrected chi connectivity index (χ3v) is 3.88. The molecule has 0 aromatic heterocycles. The van der Waals surface area contributed by atoms with Gasteiger partial charge in [0.25, 0.3) is 5.91 Å². The fraction of sp³-hybridized carbons (Fsp3) is 0.438. The van der Waals surface area contributed by atoms with Crippen LogP contribution >= 0.6 is 11.6 Å². The van der Waals surface area contributed by atoms with Crippen LogP contribution in [-0.4, -0.2) is 60.9 Å². The number of likely N-dealkylation sites (N-methyl/N-ethyl adjacent to an activating group) is 1. The summed E-state index contributed by atoms with van der Waals surface area (Å²) in [7, 11) is 3.81. The summed E-state index contributed by atoms with van der Waals surface area (Å²) in [4.78, 5) is 39.2. The number of benzene rings is 1. The molecule has 130 valence electrons. The molecule has 4 amide bonds. The van der Waals surface area contributed by atoms with Crippen molar-refractivity contribution in [3.63, 3.8) is 0 Å². The number of urea groups is 1. The van der Waals surface area contributed by atoms with Crippen molar-refractivity contribution in [3.05, 3.63) is 34.9 Å². The average molecular weight is 353 g/mol. The van der Waals surface area contributed by atoms with Crippen molar-refractivity contribution in [1.29, 1.82) is 0 Å². The zero-order valence-electron chi connectivity index (χ0n) is 13.7. The van der Waals surface area contributed by atoms with E-state index in [2.05, 4.69) is 10.6 Å². The number of rotatable bonds is 7. The lowest BCUT2D eigenvalue weighted by Gasteiger charge is -2.13. The van der Waals surface area contributed by atoms with Gasteiger partial charge >= 0.3 is 6.03 Å². The summed E-state index contributed by atoms with van der Waals surface area (Å²) < 4.78 is 0. The summed E-state index contributed by atoms with van der Waals surface area (Å²) in [6.07, 6.45) is -0.0604. The molecule has 2 N–H and O–H groups in total. The predicted molar refractivity (Wildman–Crippen MR) is 90.5 cm³/mol. The highest BCUT2D eigenvalue weighted by Crippen LogP contribution is 2.16. The minimum Gasteiger partial charge on any atom is -0.355 e. The van der Waals surface area contributed by atoms with Gasteiger partial charge in [-0.15, -0.1) is 0 Å². The lowest BCUT2D eigenvalue weighted by molar-refractivity contribution is -0.131. The first-order valence-corrected chi connectivity index (χ1v) is 8.02. The monoisotopic (exact) mass is 352 g/mol. The molecule has 0 saturated carbocycles. The van der Waals surface area contributed by atoms with E-state index in [-0.39, 0.29) is 18.9 Å². The number of amides is 4. The van der Waals surface area contributed by atoms with Crippen molar-refractivity contribution in [2.75, 3.05) is 27.2 Å². The fourth-order valence-corrected chi connectivity index (χ4v) is 2.44. The molecule has 1 heterocycles. The van der Waals surface area contributed by atoms with Crippen LogP contribution in [0.3, 0.4) is 0 Å². The summed E-state index contributed by atoms with van der Waals surface area (Å²) in [5, 5.41) is 5.87. The topological polar surface area (TPSA) is 81.8 Å². The van der Waals surface area contributed by atoms with E-state index in [1.165, 1.54) is 0 Å². The van der Waals surface area contributed by atoms with Crippen molar-refractivity contribution >= 4 is 29.4 Å². The maximum Gasteiger partial charge on any atom is 0.325 e. The molecule has 1 saturated heterocycles. The zero-order valence-corrected chi connectivity index (χ0v) is 14.5. The molecule has 1 aliphatic heterocycles. The molecule has 0 bridgehead atoms. The molecule has 24 heavy (non-hydrogen) atoms. The van der Waals surface area contributed by atoms with Crippen molar-refractivity contribution in [3.8, 4) is 0 Å². The Morgan fingerprint density at radius 2 is 1.96 bits per heavy atom. The van der Waals surface area contributed by atoms with Crippen LogP contribution in [0.15, 0.2) is 24.3 Å². The highest BCUT2D eigenvalue weighted by Gasteiger charge is 2.38. The summed E-state index contributed by atoms with van der Waals surface area (Å²) in [5.41, 5.74) is 0.791. The molecule has 0 aliphatic carbocycles. The van der Waals surface area contributed by atoms with Crippen molar-refractivity contribution in [2.24, 2.45) is 0 Å². The SMILES string of the molecule is CN(C)CCNC(=O)CC1NC(=O)N(Cc2ccc(Cl)cc2)C1=O. The largest absolute Gasteiger partial charge is 0.355 e. The second kappa shape index (κ2) is 8.12. The Morgan fingerprint density at radius 3 is 2.58 bits per heavy atom. The minimum absolute atomic E-state index is 0.0604. The van der Waals surface area contributed by atoms with Crippen LogP contribution in [0.4, 0.5) is 4.79 Å². The Hall–Kier alpha value is -2.12. The third kappa shape index (κ3) is 4.94. The number of nitrogens with zero attached hydrogens (tertiary/aromatic N) is 2. The van der Waals surface area contributed by atoms with Crippen LogP contribution in [0, 0.1) is 0 Å². The third-order valence-electron chi connectivity index (χ3n) is 3.63. The van der Waals surface area contributed by atoms with E-state index in [0.717, 1.165) is 10.5 Å². The average Bonchev–Trinajstić information content (AvgIpc) is 2.76. The molecule has 1 fully saturated rings. The van der Waals surface area contributed by atoms with Crippen molar-refractivity contribution in [2.45, 2.75) is 19.0 Å². The maximum atomic E-state index is 12.3. The Balaban J connectivity index is 1.88. The first-order chi connectivity index (χ1) is 11.4. The first-order valence-electron chi connectivity index (χ1n) is 7.64. The van der Waals surface area contributed by atoms with E-state index in [1.807, 2.05) is 19.0 Å². The fourth-order valence-electron chi connectivity index (χ4n) is 2.31. The molecule has 0 radical (unpaired) electrons. The van der Waals surface area contributed by atoms with Crippen molar-refractivity contribution in [1.82, 2.24) is 20.4 Å². The van der Waals surface area contributed by atoms with E-state index in [4.69, 9.17) is 11.6 Å². The molecule has 1 aliphatic rings. The van der Waals surface area contributed by atoms with Crippen LogP contribution in [0.1, 0.15) is 12.0 Å². The number of imide groups is 1. The number of hydrogen-bond acceptors (Lipinski definition) is 4. The van der Waals surface area contributed by atoms with Gasteiger partial charge in [-0.25, -0.2) is 4.79 Å². The number of hydrogen-bond donors (Lipinski definition) is 2. The lowest BCUT2D eigenvalue weighted by atomic mass is 10.1. The minimum atomic E-state index is -0.816. The van der Waals surface area contributed by atoms with E-state index >= 15 is 0 Å². The predicted octanol–water partition coefficient (Wildman–Crippen LogP) is 0.828. The normalized spacial score (nSPS) is 17.3. The Kier molecular flexibility index (Phi) is 6.16. The zero-order chi connectivity index (χ0) is 17.7. The van der Waals surface area contributed by atoms with Crippen LogP contribution < -0.4 is 10.6 Å². The Bertz CT molecular complexity index is 618. The van der Waals surface area contributed by atoms with Gasteiger partial charge in [0, 0.05) is 18.1 Å². The van der Waals surface area contributed by atoms with Gasteiger partial charge in [0.1, 0.15) is 6.04 Å². The van der Waals surface area contributed by atoms with Crippen LogP contribution in [-0.2, 0) is 16.1 Å². The molecule has 1 atom stereocenters. The Morgan fingerprint density at radius 1 is 1.29 bits per heavy atom. The molecule has 0 spiro atoms. The second-order valence-corrected chi connectivity index (χ2v) is 6.35. The molecular formula is C16H21ClN4O3. The second-order valence-electron chi connectivity index (χ2n) is 5.91. The Labute approximate surface area is 145 Å². The van der Waals surface area contributed by atoms with E-state index < -0.39 is 18.0 Å². The van der Waals surface area contributed by atoms with Crippen LogP contribution in [0.2, 0.25) is 5.02 Å². The molecule has 8 heteroatoms. The molecule has 7 nitrogen and oxygen atoms in total. The summed E-state index contributed by atoms with van der Waals surface area (Å²) in [6, 6.07) is 5.61. The van der Waals surface area contributed by atoms with Gasteiger partial charge in [-0.05, 0) is 31.8 Å². The maximum absolute atomic E-state index is 12.3. The van der Waals surface area contributed by atoms with E-state index in [9.17, 15) is 14.4 Å². The van der Waals surface area contributed by atoms with Gasteiger partial charge in [0.15, 0.2) is 0 Å². The quantitative estimate of drug-likeness (QED) is 0.712. The first kappa shape index (κ1) is 18.2. The molecular weight excluding hydrogens is 332 g/mol. The highest BCUT2D eigenvalue weighted by atomic mass is 35.5. The van der Waals surface area contributed by atoms with Gasteiger partial charge in [-0.2, -0.15) is 0 Å². The number of carbonyl (C=O) groups is 3. The molecule has 2 rings (SSSR count). The molecule has 1 aromatic rings. The van der Waals surface area contributed by atoms with Crippen molar-refractivity contribution < 1.29 is 14.4 Å². The summed E-state index contributed by atoms with van der Waals surface area (Å²) >= 11 is 5.82.